The van der Waals surface area contributed by atoms with E-state index in [2.05, 4.69) is 26.5 Å². The van der Waals surface area contributed by atoms with Crippen LogP contribution in [0.25, 0.3) is 0 Å². The summed E-state index contributed by atoms with van der Waals surface area (Å²) in [6, 6.07) is 0. The van der Waals surface area contributed by atoms with E-state index in [4.69, 9.17) is 4.74 Å². The van der Waals surface area contributed by atoms with Crippen LogP contribution in [0.15, 0.2) is 4.47 Å². The number of hydrogen-bond donors (Lipinski definition) is 1. The molecule has 1 amide bonds. The molecule has 1 aromatic rings. The first-order valence-electron chi connectivity index (χ1n) is 7.22. The van der Waals surface area contributed by atoms with E-state index in [1.165, 1.54) is 4.68 Å². The van der Waals surface area contributed by atoms with Crippen LogP contribution in [0.4, 0.5) is 8.78 Å². The maximum Gasteiger partial charge on any atom is 0.283 e. The van der Waals surface area contributed by atoms with Crippen molar-refractivity contribution in [1.82, 2.24) is 20.2 Å². The van der Waals surface area contributed by atoms with E-state index in [1.54, 1.807) is 5.01 Å². The molecule has 22 heavy (non-hydrogen) atoms. The molecule has 3 rings (SSSR count). The second-order valence-corrected chi connectivity index (χ2v) is 6.24. The third-order valence-corrected chi connectivity index (χ3v) is 4.53. The Labute approximate surface area is 134 Å². The Kier molecular flexibility index (Phi) is 4.74. The highest BCUT2D eigenvalue weighted by molar-refractivity contribution is 9.10. The van der Waals surface area contributed by atoms with Gasteiger partial charge in [0.15, 0.2) is 0 Å². The normalized spacial score (nSPS) is 19.6. The molecule has 0 bridgehead atoms. The van der Waals surface area contributed by atoms with Gasteiger partial charge >= 0.3 is 0 Å². The van der Waals surface area contributed by atoms with Gasteiger partial charge in [0.1, 0.15) is 12.2 Å². The summed E-state index contributed by atoms with van der Waals surface area (Å²) in [5.74, 6) is -0.0508. The Balaban J connectivity index is 1.70. The minimum atomic E-state index is -2.66. The fraction of sp³-hybridized carbons (Fsp3) is 0.692. The first-order chi connectivity index (χ1) is 10.6. The van der Waals surface area contributed by atoms with Gasteiger partial charge in [0, 0.05) is 19.0 Å². The van der Waals surface area contributed by atoms with Gasteiger partial charge in [0.2, 0.25) is 0 Å². The van der Waals surface area contributed by atoms with Crippen molar-refractivity contribution < 1.29 is 18.3 Å². The van der Waals surface area contributed by atoms with Crippen molar-refractivity contribution >= 4 is 21.8 Å². The van der Waals surface area contributed by atoms with Gasteiger partial charge in [-0.1, -0.05) is 0 Å². The lowest BCUT2D eigenvalue weighted by atomic mass is 10.2. The minimum Gasteiger partial charge on any atom is -0.379 e. The number of ether oxygens (including phenoxy) is 1. The van der Waals surface area contributed by atoms with Gasteiger partial charge in [-0.2, -0.15) is 5.10 Å². The molecule has 0 unspecified atom stereocenters. The number of carbonyl (C=O) groups is 1. The van der Waals surface area contributed by atoms with Crippen LogP contribution in [0, 0.1) is 0 Å². The first kappa shape index (κ1) is 15.8. The number of rotatable bonds is 5. The van der Waals surface area contributed by atoms with E-state index in [9.17, 15) is 13.6 Å². The summed E-state index contributed by atoms with van der Waals surface area (Å²) < 4.78 is 32.9. The van der Waals surface area contributed by atoms with Gasteiger partial charge < -0.3 is 4.74 Å². The average Bonchev–Trinajstić information content (AvgIpc) is 3.25. The lowest BCUT2D eigenvalue weighted by molar-refractivity contribution is -0.128. The topological polar surface area (TPSA) is 59.4 Å². The van der Waals surface area contributed by atoms with E-state index < -0.39 is 6.43 Å². The van der Waals surface area contributed by atoms with Gasteiger partial charge in [0.25, 0.3) is 12.3 Å². The van der Waals surface area contributed by atoms with Crippen LogP contribution in [-0.4, -0.2) is 47.0 Å². The lowest BCUT2D eigenvalue weighted by Crippen LogP contribution is -2.49. The van der Waals surface area contributed by atoms with Crippen LogP contribution in [0.1, 0.15) is 36.6 Å². The zero-order valence-electron chi connectivity index (χ0n) is 11.9. The molecule has 2 heterocycles. The number of morpholine rings is 1. The average molecular weight is 379 g/mol. The zero-order chi connectivity index (χ0) is 15.7. The fourth-order valence-corrected chi connectivity index (χ4v) is 3.28. The molecule has 1 aliphatic carbocycles. The predicted molar refractivity (Wildman–Crippen MR) is 77.4 cm³/mol. The summed E-state index contributed by atoms with van der Waals surface area (Å²) in [4.78, 5) is 12.1. The molecule has 1 N–H and O–H groups in total. The minimum absolute atomic E-state index is 0.0610. The number of carbonyl (C=O) groups excluding carboxylic acids is 1. The fourth-order valence-electron chi connectivity index (χ4n) is 2.50. The van der Waals surface area contributed by atoms with Crippen molar-refractivity contribution in [2.45, 2.75) is 31.7 Å². The van der Waals surface area contributed by atoms with Crippen LogP contribution in [0.3, 0.4) is 0 Å². The van der Waals surface area contributed by atoms with Gasteiger partial charge in [-0.05, 0) is 28.8 Å². The highest BCUT2D eigenvalue weighted by atomic mass is 79.9. The molecule has 122 valence electrons. The molecule has 9 heteroatoms. The van der Waals surface area contributed by atoms with Gasteiger partial charge in [-0.15, -0.1) is 0 Å². The van der Waals surface area contributed by atoms with Crippen molar-refractivity contribution in [2.75, 3.05) is 26.3 Å². The summed E-state index contributed by atoms with van der Waals surface area (Å²) in [7, 11) is 0. The molecule has 0 aromatic carbocycles. The molecule has 6 nitrogen and oxygen atoms in total. The van der Waals surface area contributed by atoms with Crippen molar-refractivity contribution in [1.29, 1.82) is 0 Å². The van der Waals surface area contributed by atoms with Crippen LogP contribution in [0.2, 0.25) is 0 Å². The Morgan fingerprint density at radius 2 is 2.09 bits per heavy atom. The number of nitrogens with zero attached hydrogens (tertiary/aromatic N) is 3. The second-order valence-electron chi connectivity index (χ2n) is 5.45. The van der Waals surface area contributed by atoms with Gasteiger partial charge in [0.05, 0.1) is 23.4 Å². The Morgan fingerprint density at radius 1 is 1.41 bits per heavy atom. The van der Waals surface area contributed by atoms with Crippen molar-refractivity contribution in [3.63, 3.8) is 0 Å². The van der Waals surface area contributed by atoms with E-state index in [0.717, 1.165) is 12.8 Å². The molecular weight excluding hydrogens is 362 g/mol. The molecule has 0 spiro atoms. The second kappa shape index (κ2) is 6.59. The number of nitrogens with one attached hydrogen (secondary N) is 1. The number of aromatic nitrogens is 2. The van der Waals surface area contributed by atoms with E-state index in [1.807, 2.05) is 0 Å². The monoisotopic (exact) mass is 378 g/mol. The quantitative estimate of drug-likeness (QED) is 0.848. The maximum absolute atomic E-state index is 13.0. The highest BCUT2D eigenvalue weighted by Gasteiger charge is 2.34. The highest BCUT2D eigenvalue weighted by Crippen LogP contribution is 2.45. The van der Waals surface area contributed by atoms with Crippen molar-refractivity contribution in [3.8, 4) is 0 Å². The van der Waals surface area contributed by atoms with E-state index in [0.29, 0.717) is 36.5 Å². The number of hydrogen-bond acceptors (Lipinski definition) is 4. The Bertz CT molecular complexity index is 556. The smallest absolute Gasteiger partial charge is 0.283 e. The van der Waals surface area contributed by atoms with E-state index >= 15 is 0 Å². The number of alkyl halides is 2. The summed E-state index contributed by atoms with van der Waals surface area (Å²) in [6.07, 6.45) is -0.772. The SMILES string of the molecule is O=C(Cn1nc(C(F)F)c(Br)c1C1CC1)NN1CCOCC1. The van der Waals surface area contributed by atoms with Gasteiger partial charge in [-0.3, -0.25) is 14.9 Å². The van der Waals surface area contributed by atoms with Crippen LogP contribution >= 0.6 is 15.9 Å². The van der Waals surface area contributed by atoms with Crippen LogP contribution in [-0.2, 0) is 16.1 Å². The number of halogens is 3. The Hall–Kier alpha value is -1.06. The Morgan fingerprint density at radius 3 is 2.68 bits per heavy atom. The molecule has 1 aliphatic heterocycles. The summed E-state index contributed by atoms with van der Waals surface area (Å²) in [5.41, 5.74) is 3.17. The zero-order valence-corrected chi connectivity index (χ0v) is 13.5. The standard InChI is InChI=1S/C13H17BrF2N4O2/c14-10-11(13(15)16)18-20(12(10)8-1-2-8)7-9(21)17-19-3-5-22-6-4-19/h8,13H,1-7H2,(H,17,21). The number of amides is 1. The maximum atomic E-state index is 13.0. The summed E-state index contributed by atoms with van der Waals surface area (Å²) >= 11 is 3.21. The predicted octanol–water partition coefficient (Wildman–Crippen LogP) is 1.82. The largest absolute Gasteiger partial charge is 0.379 e. The lowest BCUT2D eigenvalue weighted by Gasteiger charge is -2.27. The summed E-state index contributed by atoms with van der Waals surface area (Å²) in [5, 5.41) is 5.69. The molecule has 2 aliphatic rings. The molecule has 1 aromatic heterocycles. The molecule has 0 atom stereocenters. The molecule has 1 saturated heterocycles. The molecule has 0 radical (unpaired) electrons. The number of hydrazine groups is 1. The van der Waals surface area contributed by atoms with E-state index in [-0.39, 0.29) is 24.1 Å². The van der Waals surface area contributed by atoms with Crippen molar-refractivity contribution in [2.24, 2.45) is 0 Å². The molecule has 1 saturated carbocycles. The first-order valence-corrected chi connectivity index (χ1v) is 8.02. The third-order valence-electron chi connectivity index (χ3n) is 3.71. The van der Waals surface area contributed by atoms with Crippen molar-refractivity contribution in [3.05, 3.63) is 15.9 Å². The third kappa shape index (κ3) is 3.47. The van der Waals surface area contributed by atoms with Crippen LogP contribution in [0.5, 0.6) is 0 Å². The molecular formula is C13H17BrF2N4O2. The van der Waals surface area contributed by atoms with Gasteiger partial charge in [-0.25, -0.2) is 13.8 Å². The van der Waals surface area contributed by atoms with Crippen LogP contribution < -0.4 is 5.43 Å². The molecule has 2 fully saturated rings. The summed E-state index contributed by atoms with van der Waals surface area (Å²) in [6.45, 7) is 2.31.